The molecular weight excluding hydrogens is 432 g/mol. The minimum Gasteiger partial charge on any atom is -0.450 e. The molecule has 1 saturated carbocycles. The number of carboxylic acid groups (broad SMARTS) is 2. The van der Waals surface area contributed by atoms with Gasteiger partial charge in [0.1, 0.15) is 0 Å². The minimum absolute atomic E-state index is 0.146. The highest BCUT2D eigenvalue weighted by atomic mass is 35.5. The molecule has 4 rings (SSSR count). The van der Waals surface area contributed by atoms with Gasteiger partial charge in [0.15, 0.2) is 5.78 Å². The van der Waals surface area contributed by atoms with Crippen LogP contribution in [0.2, 0.25) is 5.02 Å². The maximum Gasteiger partial charge on any atom is 0.503 e. The molecule has 3 aromatic rings. The third-order valence-corrected chi connectivity index (χ3v) is 6.71. The molecule has 0 amide bonds. The molecule has 2 atom stereocenters. The standard InChI is InChI=1S/C24H21ClOS.CH2O3/c25-21-13-10-18(11-14-21)17-6-8-19(9-7-17)24(26)20-12-15-23(16-20)27-22-4-2-1-3-5-22;2-1(3)4/h1-11,13-14,20,23H,12,15-16H2;(H2,2,3,4)/t20-,23-;/m1./s1. The molecule has 3 aromatic carbocycles. The molecule has 1 fully saturated rings. The van der Waals surface area contributed by atoms with Crippen LogP contribution in [0, 0.1) is 5.92 Å². The summed E-state index contributed by atoms with van der Waals surface area (Å²) in [5.41, 5.74) is 3.04. The molecule has 0 aromatic heterocycles. The van der Waals surface area contributed by atoms with Crippen LogP contribution in [-0.2, 0) is 0 Å². The highest BCUT2D eigenvalue weighted by molar-refractivity contribution is 8.00. The quantitative estimate of drug-likeness (QED) is 0.393. The van der Waals surface area contributed by atoms with Crippen LogP contribution in [-0.4, -0.2) is 27.4 Å². The van der Waals surface area contributed by atoms with Crippen LogP contribution in [0.3, 0.4) is 0 Å². The second-order valence-electron chi connectivity index (χ2n) is 7.29. The number of Topliss-reactive ketones (excluding diaryl/α,β-unsaturated/α-hetero) is 1. The summed E-state index contributed by atoms with van der Waals surface area (Å²) in [6, 6.07) is 26.2. The Morgan fingerprint density at radius 2 is 1.35 bits per heavy atom. The first-order chi connectivity index (χ1) is 14.9. The molecule has 31 heavy (non-hydrogen) atoms. The predicted molar refractivity (Wildman–Crippen MR) is 125 cm³/mol. The van der Waals surface area contributed by atoms with Crippen molar-refractivity contribution in [3.05, 3.63) is 89.4 Å². The highest BCUT2D eigenvalue weighted by Gasteiger charge is 2.30. The second-order valence-corrected chi connectivity index (χ2v) is 9.10. The molecule has 1 aliphatic rings. The van der Waals surface area contributed by atoms with Gasteiger partial charge in [-0.05, 0) is 54.7 Å². The van der Waals surface area contributed by atoms with E-state index in [0.717, 1.165) is 41.0 Å². The van der Waals surface area contributed by atoms with E-state index in [0.29, 0.717) is 5.25 Å². The van der Waals surface area contributed by atoms with E-state index in [2.05, 4.69) is 24.3 Å². The summed E-state index contributed by atoms with van der Waals surface area (Å²) < 4.78 is 0. The largest absolute Gasteiger partial charge is 0.503 e. The fourth-order valence-electron chi connectivity index (χ4n) is 3.68. The first-order valence-corrected chi connectivity index (χ1v) is 11.2. The molecule has 0 unspecified atom stereocenters. The van der Waals surface area contributed by atoms with Crippen molar-refractivity contribution in [2.24, 2.45) is 5.92 Å². The van der Waals surface area contributed by atoms with Crippen LogP contribution in [0.4, 0.5) is 4.79 Å². The predicted octanol–water partition coefficient (Wildman–Crippen LogP) is 7.37. The van der Waals surface area contributed by atoms with Gasteiger partial charge in [-0.25, -0.2) is 4.79 Å². The highest BCUT2D eigenvalue weighted by Crippen LogP contribution is 2.39. The Hall–Kier alpha value is -2.76. The van der Waals surface area contributed by atoms with Crippen LogP contribution in [0.5, 0.6) is 0 Å². The van der Waals surface area contributed by atoms with Gasteiger partial charge in [-0.15, -0.1) is 11.8 Å². The van der Waals surface area contributed by atoms with Gasteiger partial charge < -0.3 is 10.2 Å². The molecule has 2 N–H and O–H groups in total. The zero-order chi connectivity index (χ0) is 22.2. The minimum atomic E-state index is -1.83. The molecule has 6 heteroatoms. The summed E-state index contributed by atoms with van der Waals surface area (Å²) in [6.45, 7) is 0. The van der Waals surface area contributed by atoms with E-state index < -0.39 is 6.16 Å². The van der Waals surface area contributed by atoms with E-state index in [1.807, 2.05) is 66.4 Å². The van der Waals surface area contributed by atoms with Crippen molar-refractivity contribution >= 4 is 35.3 Å². The molecule has 1 aliphatic carbocycles. The Balaban J connectivity index is 0.000000628. The fourth-order valence-corrected chi connectivity index (χ4v) is 5.09. The van der Waals surface area contributed by atoms with Gasteiger partial charge in [-0.3, -0.25) is 4.79 Å². The van der Waals surface area contributed by atoms with Crippen molar-refractivity contribution in [2.75, 3.05) is 0 Å². The molecule has 160 valence electrons. The normalized spacial score (nSPS) is 17.5. The molecule has 0 spiro atoms. The molecule has 4 nitrogen and oxygen atoms in total. The van der Waals surface area contributed by atoms with Crippen LogP contribution in [0.15, 0.2) is 83.8 Å². The zero-order valence-corrected chi connectivity index (χ0v) is 18.4. The van der Waals surface area contributed by atoms with Gasteiger partial charge in [-0.1, -0.05) is 66.2 Å². The van der Waals surface area contributed by atoms with Gasteiger partial charge in [0.05, 0.1) is 0 Å². The van der Waals surface area contributed by atoms with Gasteiger partial charge in [0, 0.05) is 26.6 Å². The van der Waals surface area contributed by atoms with E-state index in [1.54, 1.807) is 0 Å². The Morgan fingerprint density at radius 3 is 1.94 bits per heavy atom. The van der Waals surface area contributed by atoms with Crippen LogP contribution in [0.25, 0.3) is 11.1 Å². The number of hydrogen-bond acceptors (Lipinski definition) is 3. The SMILES string of the molecule is O=C(O)O.O=C(c1ccc(-c2ccc(Cl)cc2)cc1)[C@@H]1CC[C@@H](Sc2ccccc2)C1. The van der Waals surface area contributed by atoms with Crippen LogP contribution >= 0.6 is 23.4 Å². The van der Waals surface area contributed by atoms with Gasteiger partial charge in [0.25, 0.3) is 0 Å². The number of halogens is 1. The monoisotopic (exact) mass is 454 g/mol. The number of benzene rings is 3. The van der Waals surface area contributed by atoms with Gasteiger partial charge >= 0.3 is 6.16 Å². The number of hydrogen-bond donors (Lipinski definition) is 2. The lowest BCUT2D eigenvalue weighted by Crippen LogP contribution is -2.12. The van der Waals surface area contributed by atoms with Crippen molar-refractivity contribution < 1.29 is 19.8 Å². The van der Waals surface area contributed by atoms with Crippen molar-refractivity contribution in [1.82, 2.24) is 0 Å². The molecular formula is C25H23ClO4S. The fraction of sp³-hybridized carbons (Fsp3) is 0.200. The zero-order valence-electron chi connectivity index (χ0n) is 16.8. The second kappa shape index (κ2) is 11.0. The number of thioether (sulfide) groups is 1. The lowest BCUT2D eigenvalue weighted by molar-refractivity contribution is 0.0923. The number of rotatable bonds is 5. The maximum atomic E-state index is 12.9. The Labute approximate surface area is 190 Å². The Kier molecular flexibility index (Phi) is 8.15. The average molecular weight is 455 g/mol. The van der Waals surface area contributed by atoms with Gasteiger partial charge in [-0.2, -0.15) is 0 Å². The van der Waals surface area contributed by atoms with Crippen LogP contribution in [0.1, 0.15) is 29.6 Å². The molecule has 0 radical (unpaired) electrons. The van der Waals surface area contributed by atoms with E-state index in [9.17, 15) is 4.79 Å². The van der Waals surface area contributed by atoms with Crippen molar-refractivity contribution in [3.8, 4) is 11.1 Å². The van der Waals surface area contributed by atoms with Crippen molar-refractivity contribution in [2.45, 2.75) is 29.4 Å². The Morgan fingerprint density at radius 1 is 0.806 bits per heavy atom. The Bertz CT molecular complexity index is 1000. The van der Waals surface area contributed by atoms with E-state index >= 15 is 0 Å². The lowest BCUT2D eigenvalue weighted by Gasteiger charge is -2.11. The average Bonchev–Trinajstić information content (AvgIpc) is 3.23. The smallest absolute Gasteiger partial charge is 0.450 e. The molecule has 0 saturated heterocycles. The van der Waals surface area contributed by atoms with E-state index in [4.69, 9.17) is 26.6 Å². The summed E-state index contributed by atoms with van der Waals surface area (Å²) >= 11 is 7.86. The number of ketones is 1. The third-order valence-electron chi connectivity index (χ3n) is 5.15. The molecule has 0 aliphatic heterocycles. The molecule has 0 bridgehead atoms. The maximum absolute atomic E-state index is 12.9. The summed E-state index contributed by atoms with van der Waals surface area (Å²) in [4.78, 5) is 22.8. The number of carbonyl (C=O) groups excluding carboxylic acids is 1. The summed E-state index contributed by atoms with van der Waals surface area (Å²) in [5, 5.41) is 15.2. The third kappa shape index (κ3) is 6.88. The van der Waals surface area contributed by atoms with Gasteiger partial charge in [0.2, 0.25) is 0 Å². The number of carbonyl (C=O) groups is 2. The van der Waals surface area contributed by atoms with E-state index in [-0.39, 0.29) is 11.7 Å². The first-order valence-electron chi connectivity index (χ1n) is 9.96. The summed E-state index contributed by atoms with van der Waals surface area (Å²) in [6.07, 6.45) is 1.23. The van der Waals surface area contributed by atoms with Crippen molar-refractivity contribution in [3.63, 3.8) is 0 Å². The van der Waals surface area contributed by atoms with E-state index in [1.165, 1.54) is 4.90 Å². The van der Waals surface area contributed by atoms with Crippen LogP contribution < -0.4 is 0 Å². The topological polar surface area (TPSA) is 74.6 Å². The van der Waals surface area contributed by atoms with Crippen molar-refractivity contribution in [1.29, 1.82) is 0 Å². The summed E-state index contributed by atoms with van der Waals surface area (Å²) in [5.74, 6) is 0.432. The molecule has 0 heterocycles. The summed E-state index contributed by atoms with van der Waals surface area (Å²) in [7, 11) is 0. The lowest BCUT2D eigenvalue weighted by atomic mass is 9.94. The first kappa shape index (κ1) is 22.9.